The zero-order chi connectivity index (χ0) is 16.3. The number of likely N-dealkylation sites (tertiary alicyclic amines) is 1. The average Bonchev–Trinajstić information content (AvgIpc) is 2.83. The zero-order valence-corrected chi connectivity index (χ0v) is 12.7. The fourth-order valence-corrected chi connectivity index (χ4v) is 2.68. The highest BCUT2D eigenvalue weighted by Gasteiger charge is 2.36. The van der Waals surface area contributed by atoms with E-state index in [1.807, 2.05) is 19.9 Å². The molecular weight excluding hydrogens is 295 g/mol. The Morgan fingerprint density at radius 1 is 1.45 bits per heavy atom. The SMILES string of the molecule is Cc1cc(C)c(CNC(=O)C2CCN(CC(F)(F)F)C2)cn1. The number of hydrogen-bond acceptors (Lipinski definition) is 3. The largest absolute Gasteiger partial charge is 0.401 e. The van der Waals surface area contributed by atoms with Crippen LogP contribution < -0.4 is 5.32 Å². The molecule has 1 N–H and O–H groups in total. The molecule has 0 radical (unpaired) electrons. The molecule has 1 atom stereocenters. The lowest BCUT2D eigenvalue weighted by Crippen LogP contribution is -2.35. The molecule has 0 saturated carbocycles. The summed E-state index contributed by atoms with van der Waals surface area (Å²) in [6, 6.07) is 1.93. The maximum atomic E-state index is 12.3. The summed E-state index contributed by atoms with van der Waals surface area (Å²) in [6.07, 6.45) is -2.03. The topological polar surface area (TPSA) is 45.2 Å². The molecule has 0 bridgehead atoms. The number of nitrogens with zero attached hydrogens (tertiary/aromatic N) is 2. The summed E-state index contributed by atoms with van der Waals surface area (Å²) in [5.74, 6) is -0.564. The van der Waals surface area contributed by atoms with Crippen LogP contribution in [0, 0.1) is 19.8 Å². The van der Waals surface area contributed by atoms with Gasteiger partial charge in [-0.2, -0.15) is 13.2 Å². The number of rotatable bonds is 4. The first-order valence-corrected chi connectivity index (χ1v) is 7.23. The van der Waals surface area contributed by atoms with Crippen LogP contribution in [0.5, 0.6) is 0 Å². The van der Waals surface area contributed by atoms with Gasteiger partial charge in [0.15, 0.2) is 0 Å². The van der Waals surface area contributed by atoms with Crippen LogP contribution in [-0.4, -0.2) is 41.6 Å². The average molecular weight is 315 g/mol. The number of hydrogen-bond donors (Lipinski definition) is 1. The fourth-order valence-electron chi connectivity index (χ4n) is 2.68. The standard InChI is InChI=1S/C15H20F3N3O/c1-10-5-11(2)19-6-13(10)7-20-14(22)12-3-4-21(8-12)9-15(16,17)18/h5-6,12H,3-4,7-9H2,1-2H3,(H,20,22). The van der Waals surface area contributed by atoms with Crippen LogP contribution in [0.2, 0.25) is 0 Å². The molecular formula is C15H20F3N3O. The van der Waals surface area contributed by atoms with Crippen molar-refractivity contribution in [1.82, 2.24) is 15.2 Å². The normalized spacial score (nSPS) is 19.4. The molecule has 2 heterocycles. The first-order valence-electron chi connectivity index (χ1n) is 7.23. The van der Waals surface area contributed by atoms with Gasteiger partial charge in [0.2, 0.25) is 5.91 Å². The van der Waals surface area contributed by atoms with Crippen molar-refractivity contribution in [2.45, 2.75) is 33.0 Å². The van der Waals surface area contributed by atoms with E-state index >= 15 is 0 Å². The first kappa shape index (κ1) is 16.7. The highest BCUT2D eigenvalue weighted by Crippen LogP contribution is 2.23. The number of pyridine rings is 1. The second-order valence-corrected chi connectivity index (χ2v) is 5.81. The van der Waals surface area contributed by atoms with Gasteiger partial charge in [-0.3, -0.25) is 14.7 Å². The molecule has 1 aliphatic rings. The summed E-state index contributed by atoms with van der Waals surface area (Å²) in [5.41, 5.74) is 2.87. The predicted molar refractivity (Wildman–Crippen MR) is 76.2 cm³/mol. The lowest BCUT2D eigenvalue weighted by molar-refractivity contribution is -0.144. The highest BCUT2D eigenvalue weighted by molar-refractivity contribution is 5.79. The van der Waals surface area contributed by atoms with E-state index in [0.717, 1.165) is 16.8 Å². The summed E-state index contributed by atoms with van der Waals surface area (Å²) in [7, 11) is 0. The van der Waals surface area contributed by atoms with E-state index in [0.29, 0.717) is 19.5 Å². The molecule has 1 unspecified atom stereocenters. The van der Waals surface area contributed by atoms with Gasteiger partial charge < -0.3 is 5.32 Å². The smallest absolute Gasteiger partial charge is 0.352 e. The van der Waals surface area contributed by atoms with Crippen molar-refractivity contribution in [3.8, 4) is 0 Å². The summed E-state index contributed by atoms with van der Waals surface area (Å²) >= 11 is 0. The molecule has 22 heavy (non-hydrogen) atoms. The molecule has 1 aromatic heterocycles. The van der Waals surface area contributed by atoms with Crippen molar-refractivity contribution in [2.75, 3.05) is 19.6 Å². The zero-order valence-electron chi connectivity index (χ0n) is 12.7. The van der Waals surface area contributed by atoms with Gasteiger partial charge in [0.25, 0.3) is 0 Å². The van der Waals surface area contributed by atoms with Crippen LogP contribution in [0.1, 0.15) is 23.2 Å². The molecule has 4 nitrogen and oxygen atoms in total. The van der Waals surface area contributed by atoms with E-state index in [9.17, 15) is 18.0 Å². The van der Waals surface area contributed by atoms with E-state index in [1.165, 1.54) is 4.90 Å². The van der Waals surface area contributed by atoms with Gasteiger partial charge in [0.1, 0.15) is 0 Å². The van der Waals surface area contributed by atoms with Crippen LogP contribution in [-0.2, 0) is 11.3 Å². The van der Waals surface area contributed by atoms with Crippen LogP contribution in [0.25, 0.3) is 0 Å². The van der Waals surface area contributed by atoms with Gasteiger partial charge in [-0.15, -0.1) is 0 Å². The Morgan fingerprint density at radius 3 is 2.82 bits per heavy atom. The number of aryl methyl sites for hydroxylation is 2. The summed E-state index contributed by atoms with van der Waals surface area (Å²) in [4.78, 5) is 17.5. The van der Waals surface area contributed by atoms with Crippen molar-refractivity contribution in [3.63, 3.8) is 0 Å². The van der Waals surface area contributed by atoms with E-state index < -0.39 is 12.7 Å². The van der Waals surface area contributed by atoms with Gasteiger partial charge in [0, 0.05) is 25.0 Å². The number of carbonyl (C=O) groups excluding carboxylic acids is 1. The molecule has 1 aromatic rings. The molecule has 1 amide bonds. The molecule has 0 spiro atoms. The van der Waals surface area contributed by atoms with Gasteiger partial charge in [-0.25, -0.2) is 0 Å². The van der Waals surface area contributed by atoms with Gasteiger partial charge >= 0.3 is 6.18 Å². The summed E-state index contributed by atoms with van der Waals surface area (Å²) < 4.78 is 37.0. The Kier molecular flexibility index (Phi) is 5.05. The number of aromatic nitrogens is 1. The van der Waals surface area contributed by atoms with Crippen molar-refractivity contribution in [2.24, 2.45) is 5.92 Å². The number of halogens is 3. The Hall–Kier alpha value is -1.63. The van der Waals surface area contributed by atoms with E-state index in [2.05, 4.69) is 10.3 Å². The van der Waals surface area contributed by atoms with Crippen molar-refractivity contribution in [3.05, 3.63) is 29.1 Å². The monoisotopic (exact) mass is 315 g/mol. The lowest BCUT2D eigenvalue weighted by Gasteiger charge is -2.17. The van der Waals surface area contributed by atoms with Gasteiger partial charge in [0.05, 0.1) is 12.5 Å². The van der Waals surface area contributed by atoms with Crippen LogP contribution in [0.15, 0.2) is 12.3 Å². The third-order valence-corrected chi connectivity index (χ3v) is 3.86. The van der Waals surface area contributed by atoms with Crippen LogP contribution in [0.3, 0.4) is 0 Å². The molecule has 2 rings (SSSR count). The van der Waals surface area contributed by atoms with Gasteiger partial charge in [-0.05, 0) is 44.0 Å². The molecule has 0 aliphatic carbocycles. The Bertz CT molecular complexity index is 545. The molecule has 0 aromatic carbocycles. The first-order chi connectivity index (χ1) is 10.2. The van der Waals surface area contributed by atoms with Crippen LogP contribution in [0.4, 0.5) is 13.2 Å². The van der Waals surface area contributed by atoms with Crippen molar-refractivity contribution >= 4 is 5.91 Å². The third-order valence-electron chi connectivity index (χ3n) is 3.86. The number of nitrogens with one attached hydrogen (secondary N) is 1. The lowest BCUT2D eigenvalue weighted by atomic mass is 10.1. The molecule has 1 aliphatic heterocycles. The minimum Gasteiger partial charge on any atom is -0.352 e. The number of alkyl halides is 3. The highest BCUT2D eigenvalue weighted by atomic mass is 19.4. The fraction of sp³-hybridized carbons (Fsp3) is 0.600. The molecule has 1 fully saturated rings. The second-order valence-electron chi connectivity index (χ2n) is 5.81. The quantitative estimate of drug-likeness (QED) is 0.926. The second kappa shape index (κ2) is 6.64. The van der Waals surface area contributed by atoms with Crippen LogP contribution >= 0.6 is 0 Å². The summed E-state index contributed by atoms with van der Waals surface area (Å²) in [5, 5.41) is 2.80. The predicted octanol–water partition coefficient (Wildman–Crippen LogP) is 2.20. The molecule has 1 saturated heterocycles. The molecule has 122 valence electrons. The Balaban J connectivity index is 1.83. The number of carbonyl (C=O) groups is 1. The maximum Gasteiger partial charge on any atom is 0.401 e. The van der Waals surface area contributed by atoms with Crippen molar-refractivity contribution in [1.29, 1.82) is 0 Å². The van der Waals surface area contributed by atoms with Gasteiger partial charge in [-0.1, -0.05) is 0 Å². The molecule has 7 heteroatoms. The Labute approximate surface area is 127 Å². The van der Waals surface area contributed by atoms with E-state index in [4.69, 9.17) is 0 Å². The summed E-state index contributed by atoms with van der Waals surface area (Å²) in [6.45, 7) is 3.71. The minimum absolute atomic E-state index is 0.163. The minimum atomic E-state index is -4.21. The third kappa shape index (κ3) is 4.69. The van der Waals surface area contributed by atoms with E-state index in [1.54, 1.807) is 6.20 Å². The van der Waals surface area contributed by atoms with E-state index in [-0.39, 0.29) is 18.4 Å². The maximum absolute atomic E-state index is 12.3. The van der Waals surface area contributed by atoms with Crippen molar-refractivity contribution < 1.29 is 18.0 Å². The number of amides is 1. The Morgan fingerprint density at radius 2 is 2.18 bits per heavy atom.